The first-order valence-corrected chi connectivity index (χ1v) is 9.05. The second-order valence-electron chi connectivity index (χ2n) is 6.87. The summed E-state index contributed by atoms with van der Waals surface area (Å²) in [6, 6.07) is 13.7. The largest absolute Gasteiger partial charge is 0.394 e. The van der Waals surface area contributed by atoms with Crippen LogP contribution in [0.4, 0.5) is 17.5 Å². The average molecular weight is 363 g/mol. The van der Waals surface area contributed by atoms with E-state index in [0.717, 1.165) is 16.9 Å². The van der Waals surface area contributed by atoms with Crippen LogP contribution in [-0.4, -0.2) is 32.7 Å². The lowest BCUT2D eigenvalue weighted by molar-refractivity contribution is 0.248. The first kappa shape index (κ1) is 18.8. The fourth-order valence-electron chi connectivity index (χ4n) is 2.62. The highest BCUT2D eigenvalue weighted by atomic mass is 16.3. The smallest absolute Gasteiger partial charge is 0.225 e. The van der Waals surface area contributed by atoms with Gasteiger partial charge in [0.1, 0.15) is 5.82 Å². The molecule has 0 spiro atoms. The van der Waals surface area contributed by atoms with Crippen LogP contribution in [0.1, 0.15) is 19.4 Å². The number of rotatable bonds is 7. The molecule has 0 bridgehead atoms. The molecule has 0 fully saturated rings. The molecule has 3 N–H and O–H groups in total. The number of benzene rings is 1. The second-order valence-corrected chi connectivity index (χ2v) is 6.87. The summed E-state index contributed by atoms with van der Waals surface area (Å²) in [6.07, 6.45) is 3.48. The number of aliphatic hydroxyl groups excluding tert-OH is 1. The summed E-state index contributed by atoms with van der Waals surface area (Å²) < 4.78 is 0. The van der Waals surface area contributed by atoms with Gasteiger partial charge < -0.3 is 15.7 Å². The number of aryl methyl sites for hydroxylation is 1. The number of nitrogens with one attached hydrogen (secondary N) is 2. The normalized spacial score (nSPS) is 12.0. The Bertz CT molecular complexity index is 866. The molecule has 0 radical (unpaired) electrons. The number of nitrogens with zero attached hydrogens (tertiary/aromatic N) is 3. The van der Waals surface area contributed by atoms with Crippen molar-refractivity contribution in [2.24, 2.45) is 5.92 Å². The zero-order valence-electron chi connectivity index (χ0n) is 15.8. The molecular weight excluding hydrogens is 338 g/mol. The quantitative estimate of drug-likeness (QED) is 0.588. The summed E-state index contributed by atoms with van der Waals surface area (Å²) in [5, 5.41) is 16.2. The molecule has 2 aromatic heterocycles. The van der Waals surface area contributed by atoms with E-state index in [1.54, 1.807) is 12.4 Å². The molecule has 3 rings (SSSR count). The van der Waals surface area contributed by atoms with Gasteiger partial charge in [-0.1, -0.05) is 31.5 Å². The van der Waals surface area contributed by atoms with Crippen LogP contribution in [0.25, 0.3) is 11.3 Å². The minimum absolute atomic E-state index is 0.0151. The Labute approximate surface area is 159 Å². The molecule has 0 amide bonds. The fraction of sp³-hybridized carbons (Fsp3) is 0.286. The minimum atomic E-state index is -0.120. The Kier molecular flexibility index (Phi) is 5.98. The van der Waals surface area contributed by atoms with Crippen LogP contribution < -0.4 is 10.6 Å². The molecule has 27 heavy (non-hydrogen) atoms. The van der Waals surface area contributed by atoms with Gasteiger partial charge in [0, 0.05) is 29.7 Å². The lowest BCUT2D eigenvalue weighted by atomic mass is 10.1. The van der Waals surface area contributed by atoms with Crippen molar-refractivity contribution in [3.63, 3.8) is 0 Å². The summed E-state index contributed by atoms with van der Waals surface area (Å²) in [6.45, 7) is 6.17. The molecule has 0 saturated heterocycles. The minimum Gasteiger partial charge on any atom is -0.394 e. The maximum absolute atomic E-state index is 9.63. The van der Waals surface area contributed by atoms with E-state index < -0.39 is 0 Å². The third-order valence-electron chi connectivity index (χ3n) is 4.34. The zero-order valence-corrected chi connectivity index (χ0v) is 15.8. The highest BCUT2D eigenvalue weighted by molar-refractivity contribution is 5.67. The first-order valence-electron chi connectivity index (χ1n) is 9.05. The van der Waals surface area contributed by atoms with Gasteiger partial charge in [-0.3, -0.25) is 4.98 Å². The van der Waals surface area contributed by atoms with E-state index in [-0.39, 0.29) is 18.6 Å². The van der Waals surface area contributed by atoms with Gasteiger partial charge in [-0.2, -0.15) is 4.98 Å². The van der Waals surface area contributed by atoms with Crippen molar-refractivity contribution >= 4 is 17.5 Å². The molecule has 3 aromatic rings. The fourth-order valence-corrected chi connectivity index (χ4v) is 2.62. The van der Waals surface area contributed by atoms with E-state index in [0.29, 0.717) is 11.8 Å². The molecule has 1 atom stereocenters. The molecule has 0 aliphatic carbocycles. The molecule has 6 nitrogen and oxygen atoms in total. The lowest BCUT2D eigenvalue weighted by Gasteiger charge is -2.20. The van der Waals surface area contributed by atoms with Gasteiger partial charge in [-0.25, -0.2) is 4.98 Å². The Morgan fingerprint density at radius 3 is 2.33 bits per heavy atom. The maximum atomic E-state index is 9.63. The van der Waals surface area contributed by atoms with Crippen LogP contribution in [0.2, 0.25) is 0 Å². The second kappa shape index (κ2) is 8.60. The van der Waals surface area contributed by atoms with E-state index in [4.69, 9.17) is 0 Å². The lowest BCUT2D eigenvalue weighted by Crippen LogP contribution is -2.30. The van der Waals surface area contributed by atoms with Crippen molar-refractivity contribution < 1.29 is 5.11 Å². The molecule has 0 aliphatic rings. The standard InChI is InChI=1S/C21H25N5O/c1-14(2)19(13-27)25-21-24-18(16-8-10-22-11-9-16)12-20(26-21)23-17-6-4-15(3)5-7-17/h4-12,14,19,27H,13H2,1-3H3,(H2,23,24,25,26)/t19-/m1/s1. The maximum Gasteiger partial charge on any atom is 0.225 e. The van der Waals surface area contributed by atoms with E-state index in [1.165, 1.54) is 5.56 Å². The van der Waals surface area contributed by atoms with Crippen molar-refractivity contribution in [3.8, 4) is 11.3 Å². The highest BCUT2D eigenvalue weighted by Crippen LogP contribution is 2.24. The molecular formula is C21H25N5O. The van der Waals surface area contributed by atoms with Gasteiger partial charge in [0.25, 0.3) is 0 Å². The average Bonchev–Trinajstić information content (AvgIpc) is 2.68. The highest BCUT2D eigenvalue weighted by Gasteiger charge is 2.15. The summed E-state index contributed by atoms with van der Waals surface area (Å²) >= 11 is 0. The molecule has 140 valence electrons. The molecule has 0 aliphatic heterocycles. The van der Waals surface area contributed by atoms with Gasteiger partial charge in [-0.15, -0.1) is 0 Å². The van der Waals surface area contributed by atoms with Crippen molar-refractivity contribution in [1.29, 1.82) is 0 Å². The van der Waals surface area contributed by atoms with Crippen LogP contribution >= 0.6 is 0 Å². The van der Waals surface area contributed by atoms with Gasteiger partial charge in [0.2, 0.25) is 5.95 Å². The van der Waals surface area contributed by atoms with Crippen LogP contribution in [-0.2, 0) is 0 Å². The van der Waals surface area contributed by atoms with Crippen LogP contribution in [0.5, 0.6) is 0 Å². The van der Waals surface area contributed by atoms with Crippen molar-refractivity contribution in [1.82, 2.24) is 15.0 Å². The third-order valence-corrected chi connectivity index (χ3v) is 4.34. The molecule has 0 saturated carbocycles. The number of pyridine rings is 1. The SMILES string of the molecule is Cc1ccc(Nc2cc(-c3ccncc3)nc(N[C@H](CO)C(C)C)n2)cc1. The Morgan fingerprint density at radius 2 is 1.70 bits per heavy atom. The summed E-state index contributed by atoms with van der Waals surface area (Å²) in [5.41, 5.74) is 3.89. The number of hydrogen-bond donors (Lipinski definition) is 3. The topological polar surface area (TPSA) is 83.0 Å². The van der Waals surface area contributed by atoms with Crippen LogP contribution in [0.3, 0.4) is 0 Å². The monoisotopic (exact) mass is 363 g/mol. The number of aromatic nitrogens is 3. The Balaban J connectivity index is 1.96. The number of hydrogen-bond acceptors (Lipinski definition) is 6. The van der Waals surface area contributed by atoms with E-state index in [2.05, 4.69) is 32.5 Å². The van der Waals surface area contributed by atoms with E-state index >= 15 is 0 Å². The molecule has 0 unspecified atom stereocenters. The van der Waals surface area contributed by atoms with Crippen molar-refractivity contribution in [2.75, 3.05) is 17.2 Å². The molecule has 1 aromatic carbocycles. The predicted molar refractivity (Wildman–Crippen MR) is 109 cm³/mol. The Hall–Kier alpha value is -2.99. The van der Waals surface area contributed by atoms with E-state index in [1.807, 2.05) is 56.3 Å². The van der Waals surface area contributed by atoms with Crippen LogP contribution in [0, 0.1) is 12.8 Å². The van der Waals surface area contributed by atoms with Gasteiger partial charge in [0.15, 0.2) is 0 Å². The van der Waals surface area contributed by atoms with Crippen molar-refractivity contribution in [3.05, 3.63) is 60.4 Å². The van der Waals surface area contributed by atoms with Gasteiger partial charge in [-0.05, 0) is 37.1 Å². The summed E-state index contributed by atoms with van der Waals surface area (Å²) in [7, 11) is 0. The molecule has 2 heterocycles. The van der Waals surface area contributed by atoms with Gasteiger partial charge in [0.05, 0.1) is 18.3 Å². The summed E-state index contributed by atoms with van der Waals surface area (Å²) in [5.74, 6) is 1.41. The summed E-state index contributed by atoms with van der Waals surface area (Å²) in [4.78, 5) is 13.3. The van der Waals surface area contributed by atoms with Crippen LogP contribution in [0.15, 0.2) is 54.9 Å². The van der Waals surface area contributed by atoms with E-state index in [9.17, 15) is 5.11 Å². The van der Waals surface area contributed by atoms with Gasteiger partial charge >= 0.3 is 0 Å². The third kappa shape index (κ3) is 5.01. The zero-order chi connectivity index (χ0) is 19.2. The predicted octanol–water partition coefficient (Wildman–Crippen LogP) is 4.02. The molecule has 6 heteroatoms. The number of aliphatic hydroxyl groups is 1. The van der Waals surface area contributed by atoms with Crippen molar-refractivity contribution in [2.45, 2.75) is 26.8 Å². The Morgan fingerprint density at radius 1 is 1.00 bits per heavy atom. The number of anilines is 3. The first-order chi connectivity index (χ1) is 13.0.